The van der Waals surface area contributed by atoms with E-state index in [0.29, 0.717) is 15.7 Å². The lowest BCUT2D eigenvalue weighted by molar-refractivity contribution is 0.600. The van der Waals surface area contributed by atoms with Crippen LogP contribution in [0.15, 0.2) is 50.2 Å². The normalized spacial score (nSPS) is 11.0. The Morgan fingerprint density at radius 1 is 1.14 bits per heavy atom. The van der Waals surface area contributed by atoms with Gasteiger partial charge in [0.15, 0.2) is 0 Å². The van der Waals surface area contributed by atoms with E-state index >= 15 is 0 Å². The molecule has 2 rings (SSSR count). The summed E-state index contributed by atoms with van der Waals surface area (Å²) in [7, 11) is -3.70. The molecule has 0 saturated heterocycles. The first-order valence-electron chi connectivity index (χ1n) is 5.88. The van der Waals surface area contributed by atoms with Crippen molar-refractivity contribution in [2.24, 2.45) is 0 Å². The van der Waals surface area contributed by atoms with Crippen molar-refractivity contribution in [3.05, 3.63) is 56.5 Å². The molecule has 21 heavy (non-hydrogen) atoms. The summed E-state index contributed by atoms with van der Waals surface area (Å²) in [5.74, 6) is 2.47. The molecule has 1 N–H and O–H groups in total. The number of hydrogen-bond acceptors (Lipinski definition) is 2. The molecule has 0 radical (unpaired) electrons. The Labute approximate surface area is 141 Å². The van der Waals surface area contributed by atoms with Gasteiger partial charge in [-0.2, -0.15) is 0 Å². The number of aryl methyl sites for hydroxylation is 1. The first kappa shape index (κ1) is 16.1. The van der Waals surface area contributed by atoms with E-state index in [0.717, 1.165) is 10.0 Å². The number of sulfonamides is 1. The lowest BCUT2D eigenvalue weighted by atomic mass is 10.2. The number of benzene rings is 2. The van der Waals surface area contributed by atoms with Gasteiger partial charge in [-0.15, -0.1) is 6.42 Å². The second-order valence-corrected chi connectivity index (χ2v) is 7.72. The zero-order chi connectivity index (χ0) is 15.6. The average Bonchev–Trinajstić information content (AvgIpc) is 2.42. The summed E-state index contributed by atoms with van der Waals surface area (Å²) >= 11 is 6.63. The van der Waals surface area contributed by atoms with Crippen molar-refractivity contribution in [3.63, 3.8) is 0 Å². The van der Waals surface area contributed by atoms with Gasteiger partial charge in [0.05, 0.1) is 5.69 Å². The van der Waals surface area contributed by atoms with Crippen molar-refractivity contribution in [3.8, 4) is 12.3 Å². The lowest BCUT2D eigenvalue weighted by Crippen LogP contribution is -2.14. The molecule has 0 spiro atoms. The molecule has 0 heterocycles. The molecule has 2 aromatic carbocycles. The fourth-order valence-corrected chi connectivity index (χ4v) is 4.44. The maximum Gasteiger partial charge on any atom is 0.263 e. The Hall–Kier alpha value is -1.29. The summed E-state index contributed by atoms with van der Waals surface area (Å²) in [6.45, 7) is 1.88. The third-order valence-corrected chi connectivity index (χ3v) is 5.98. The van der Waals surface area contributed by atoms with Gasteiger partial charge < -0.3 is 0 Å². The topological polar surface area (TPSA) is 46.2 Å². The van der Waals surface area contributed by atoms with Crippen LogP contribution in [0.1, 0.15) is 11.1 Å². The predicted molar refractivity (Wildman–Crippen MR) is 91.8 cm³/mol. The molecule has 3 nitrogen and oxygen atoms in total. The molecule has 0 aliphatic rings. The van der Waals surface area contributed by atoms with E-state index in [1.807, 2.05) is 6.92 Å². The smallest absolute Gasteiger partial charge is 0.263 e. The molecule has 0 bridgehead atoms. The highest BCUT2D eigenvalue weighted by Gasteiger charge is 2.19. The summed E-state index contributed by atoms with van der Waals surface area (Å²) in [6.07, 6.45) is 5.31. The second kappa shape index (κ2) is 6.22. The van der Waals surface area contributed by atoms with Crippen LogP contribution in [0.25, 0.3) is 0 Å². The van der Waals surface area contributed by atoms with E-state index in [-0.39, 0.29) is 4.90 Å². The molecule has 0 unspecified atom stereocenters. The number of rotatable bonds is 3. The van der Waals surface area contributed by atoms with Gasteiger partial charge in [0.25, 0.3) is 10.0 Å². The van der Waals surface area contributed by atoms with E-state index in [1.54, 1.807) is 36.4 Å². The molecule has 0 atom stereocenters. The van der Waals surface area contributed by atoms with E-state index in [2.05, 4.69) is 42.5 Å². The first-order chi connectivity index (χ1) is 9.83. The molecular formula is C15H11Br2NO2S. The number of nitrogens with one attached hydrogen (secondary N) is 1. The van der Waals surface area contributed by atoms with Crippen LogP contribution in [0.3, 0.4) is 0 Å². The first-order valence-corrected chi connectivity index (χ1v) is 8.95. The fourth-order valence-electron chi connectivity index (χ4n) is 1.72. The maximum atomic E-state index is 12.5. The van der Waals surface area contributed by atoms with Crippen molar-refractivity contribution >= 4 is 47.6 Å². The summed E-state index contributed by atoms with van der Waals surface area (Å²) in [5.41, 5.74) is 1.98. The molecule has 0 amide bonds. The predicted octanol–water partition coefficient (Wildman–Crippen LogP) is 4.30. The quantitative estimate of drug-likeness (QED) is 0.740. The number of anilines is 1. The van der Waals surface area contributed by atoms with Crippen LogP contribution in [-0.4, -0.2) is 8.42 Å². The van der Waals surface area contributed by atoms with E-state index in [4.69, 9.17) is 6.42 Å². The van der Waals surface area contributed by atoms with E-state index in [9.17, 15) is 8.42 Å². The Balaban J connectivity index is 2.43. The zero-order valence-corrected chi connectivity index (χ0v) is 15.0. The largest absolute Gasteiger partial charge is 0.280 e. The third-order valence-electron chi connectivity index (χ3n) is 2.78. The minimum Gasteiger partial charge on any atom is -0.280 e. The van der Waals surface area contributed by atoms with Gasteiger partial charge in [-0.25, -0.2) is 8.42 Å². The van der Waals surface area contributed by atoms with Crippen LogP contribution < -0.4 is 4.72 Å². The summed E-state index contributed by atoms with van der Waals surface area (Å²) in [5, 5.41) is 0. The SMILES string of the molecule is C#Cc1cccc(NS(=O)(=O)c2cc(Br)c(C)cc2Br)c1. The molecule has 108 valence electrons. The minimum atomic E-state index is -3.70. The van der Waals surface area contributed by atoms with Gasteiger partial charge in [0, 0.05) is 14.5 Å². The highest BCUT2D eigenvalue weighted by Crippen LogP contribution is 2.30. The summed E-state index contributed by atoms with van der Waals surface area (Å²) < 4.78 is 28.7. The maximum absolute atomic E-state index is 12.5. The van der Waals surface area contributed by atoms with Gasteiger partial charge in [-0.3, -0.25) is 4.72 Å². The molecule has 0 aliphatic carbocycles. The van der Waals surface area contributed by atoms with Gasteiger partial charge in [-0.05, 0) is 58.7 Å². The van der Waals surface area contributed by atoms with Crippen molar-refractivity contribution in [1.82, 2.24) is 0 Å². The van der Waals surface area contributed by atoms with Crippen LogP contribution in [0, 0.1) is 19.3 Å². The minimum absolute atomic E-state index is 0.158. The van der Waals surface area contributed by atoms with Gasteiger partial charge in [0.2, 0.25) is 0 Å². The fraction of sp³-hybridized carbons (Fsp3) is 0.0667. The Morgan fingerprint density at radius 3 is 2.52 bits per heavy atom. The van der Waals surface area contributed by atoms with E-state index in [1.165, 1.54) is 0 Å². The number of terminal acetylenes is 1. The van der Waals surface area contributed by atoms with Crippen LogP contribution >= 0.6 is 31.9 Å². The van der Waals surface area contributed by atoms with Crippen LogP contribution in [0.5, 0.6) is 0 Å². The van der Waals surface area contributed by atoms with Crippen LogP contribution in [0.4, 0.5) is 5.69 Å². The summed E-state index contributed by atoms with van der Waals surface area (Å²) in [4.78, 5) is 0.158. The highest BCUT2D eigenvalue weighted by atomic mass is 79.9. The standard InChI is InChI=1S/C15H11Br2NO2S/c1-3-11-5-4-6-12(8-11)18-21(19,20)15-9-13(16)10(2)7-14(15)17/h1,4-9,18H,2H3. The molecule has 6 heteroatoms. The third kappa shape index (κ3) is 3.67. The Bertz CT molecular complexity index is 839. The van der Waals surface area contributed by atoms with Crippen molar-refractivity contribution in [2.45, 2.75) is 11.8 Å². The zero-order valence-electron chi connectivity index (χ0n) is 11.0. The van der Waals surface area contributed by atoms with E-state index < -0.39 is 10.0 Å². The number of halogens is 2. The lowest BCUT2D eigenvalue weighted by Gasteiger charge is -2.11. The molecule has 2 aromatic rings. The molecule has 0 aliphatic heterocycles. The van der Waals surface area contributed by atoms with Crippen LogP contribution in [0.2, 0.25) is 0 Å². The monoisotopic (exact) mass is 427 g/mol. The Morgan fingerprint density at radius 2 is 1.86 bits per heavy atom. The van der Waals surface area contributed by atoms with Crippen molar-refractivity contribution in [1.29, 1.82) is 0 Å². The molecule has 0 aromatic heterocycles. The highest BCUT2D eigenvalue weighted by molar-refractivity contribution is 9.11. The second-order valence-electron chi connectivity index (χ2n) is 4.36. The average molecular weight is 429 g/mol. The Kier molecular flexibility index (Phi) is 4.77. The number of hydrogen-bond donors (Lipinski definition) is 1. The van der Waals surface area contributed by atoms with Crippen molar-refractivity contribution in [2.75, 3.05) is 4.72 Å². The van der Waals surface area contributed by atoms with Crippen LogP contribution in [-0.2, 0) is 10.0 Å². The molecule has 0 saturated carbocycles. The van der Waals surface area contributed by atoms with Gasteiger partial charge in [0.1, 0.15) is 4.90 Å². The molecule has 0 fully saturated rings. The summed E-state index contributed by atoms with van der Waals surface area (Å²) in [6, 6.07) is 10.00. The van der Waals surface area contributed by atoms with Crippen molar-refractivity contribution < 1.29 is 8.42 Å². The van der Waals surface area contributed by atoms with Gasteiger partial charge >= 0.3 is 0 Å². The van der Waals surface area contributed by atoms with Gasteiger partial charge in [-0.1, -0.05) is 27.9 Å². The molecular weight excluding hydrogens is 418 g/mol.